The Morgan fingerprint density at radius 1 is 0.966 bits per heavy atom. The first-order chi connectivity index (χ1) is 13.7. The summed E-state index contributed by atoms with van der Waals surface area (Å²) in [4.78, 5) is 12.7. The molecular weight excluding hydrogens is 433 g/mol. The van der Waals surface area contributed by atoms with E-state index in [-0.39, 0.29) is 26.8 Å². The minimum Gasteiger partial charge on any atom is -0.294 e. The molecule has 3 aromatic rings. The van der Waals surface area contributed by atoms with E-state index in [1.54, 1.807) is 30.3 Å². The zero-order chi connectivity index (χ0) is 21.0. The highest BCUT2D eigenvalue weighted by Crippen LogP contribution is 2.25. The van der Waals surface area contributed by atoms with Gasteiger partial charge >= 0.3 is 0 Å². The van der Waals surface area contributed by atoms with Gasteiger partial charge in [-0.05, 0) is 50.2 Å². The second kappa shape index (κ2) is 8.77. The Morgan fingerprint density at radius 2 is 1.62 bits per heavy atom. The van der Waals surface area contributed by atoms with Gasteiger partial charge in [0.25, 0.3) is 10.0 Å². The van der Waals surface area contributed by atoms with Crippen LogP contribution in [0.15, 0.2) is 64.5 Å². The van der Waals surface area contributed by atoms with E-state index in [0.29, 0.717) is 5.69 Å². The van der Waals surface area contributed by atoms with Crippen molar-refractivity contribution in [1.82, 2.24) is 14.7 Å². The smallest absolute Gasteiger partial charge is 0.265 e. The number of sulfonamides is 1. The van der Waals surface area contributed by atoms with Gasteiger partial charge in [-0.3, -0.25) is 5.32 Å². The van der Waals surface area contributed by atoms with Crippen LogP contribution in [0.25, 0.3) is 0 Å². The maximum Gasteiger partial charge on any atom is 0.265 e. The largest absolute Gasteiger partial charge is 0.294 e. The van der Waals surface area contributed by atoms with Gasteiger partial charge in [0.15, 0.2) is 0 Å². The van der Waals surface area contributed by atoms with Crippen LogP contribution in [0.1, 0.15) is 11.4 Å². The molecule has 0 spiro atoms. The van der Waals surface area contributed by atoms with Crippen LogP contribution in [0, 0.1) is 13.8 Å². The molecule has 150 valence electrons. The molecule has 7 nitrogen and oxygen atoms in total. The van der Waals surface area contributed by atoms with E-state index < -0.39 is 10.0 Å². The highest BCUT2D eigenvalue weighted by Gasteiger charge is 2.21. The molecule has 1 heterocycles. The summed E-state index contributed by atoms with van der Waals surface area (Å²) in [6, 6.07) is 14.8. The molecule has 0 aliphatic carbocycles. The highest BCUT2D eigenvalue weighted by atomic mass is 35.5. The van der Waals surface area contributed by atoms with Crippen LogP contribution in [-0.4, -0.2) is 24.3 Å². The third kappa shape index (κ3) is 5.66. The lowest BCUT2D eigenvalue weighted by molar-refractivity contribution is 0.592. The lowest BCUT2D eigenvalue weighted by atomic mass is 10.3. The monoisotopic (exact) mass is 449 g/mol. The molecule has 3 rings (SSSR count). The topological polar surface area (TPSA) is 96.3 Å². The molecule has 0 saturated heterocycles. The molecule has 0 bridgehead atoms. The standard InChI is InChI=1S/C19H17Cl2N5O2S/c1-12-10-13(2)23-18(22-12)25-19(24-15-6-4-3-5-7-15)26-29(27,28)17-11-14(20)8-9-16(17)21/h3-11H,1-2H3,(H2,22,23,24,25,26). The van der Waals surface area contributed by atoms with E-state index in [9.17, 15) is 8.42 Å². The molecule has 0 unspecified atom stereocenters. The van der Waals surface area contributed by atoms with Crippen molar-refractivity contribution in [3.63, 3.8) is 0 Å². The third-order valence-corrected chi connectivity index (χ3v) is 5.68. The number of guanidine groups is 1. The summed E-state index contributed by atoms with van der Waals surface area (Å²) in [7, 11) is -4.09. The number of aliphatic imine (C=N–C) groups is 1. The van der Waals surface area contributed by atoms with Crippen LogP contribution in [0.5, 0.6) is 0 Å². The predicted molar refractivity (Wildman–Crippen MR) is 115 cm³/mol. The number of hydrogen-bond acceptors (Lipinski definition) is 5. The number of aryl methyl sites for hydroxylation is 2. The minimum atomic E-state index is -4.09. The summed E-state index contributed by atoms with van der Waals surface area (Å²) in [6.07, 6.45) is 0. The number of rotatable bonds is 4. The van der Waals surface area contributed by atoms with Crippen molar-refractivity contribution in [3.8, 4) is 0 Å². The van der Waals surface area contributed by atoms with Gasteiger partial charge in [-0.2, -0.15) is 0 Å². The van der Waals surface area contributed by atoms with Crippen LogP contribution in [-0.2, 0) is 10.0 Å². The lowest BCUT2D eigenvalue weighted by Gasteiger charge is -2.14. The quantitative estimate of drug-likeness (QED) is 0.452. The molecule has 10 heteroatoms. The van der Waals surface area contributed by atoms with Crippen molar-refractivity contribution < 1.29 is 8.42 Å². The van der Waals surface area contributed by atoms with E-state index in [2.05, 4.69) is 25.0 Å². The highest BCUT2D eigenvalue weighted by molar-refractivity contribution is 7.90. The van der Waals surface area contributed by atoms with E-state index in [1.807, 2.05) is 19.9 Å². The summed E-state index contributed by atoms with van der Waals surface area (Å²) >= 11 is 12.0. The summed E-state index contributed by atoms with van der Waals surface area (Å²) in [6.45, 7) is 3.62. The first kappa shape index (κ1) is 21.0. The summed E-state index contributed by atoms with van der Waals surface area (Å²) in [5.41, 5.74) is 1.97. The zero-order valence-electron chi connectivity index (χ0n) is 15.5. The second-order valence-electron chi connectivity index (χ2n) is 6.08. The van der Waals surface area contributed by atoms with Crippen LogP contribution in [0.3, 0.4) is 0 Å². The number of hydrogen-bond donors (Lipinski definition) is 2. The molecule has 1 aromatic heterocycles. The van der Waals surface area contributed by atoms with Crippen molar-refractivity contribution in [2.75, 3.05) is 5.32 Å². The van der Waals surface area contributed by atoms with Gasteiger partial charge in [0.1, 0.15) is 4.90 Å². The molecule has 2 N–H and O–H groups in total. The number of halogens is 2. The van der Waals surface area contributed by atoms with E-state index in [0.717, 1.165) is 11.4 Å². The average Bonchev–Trinajstić information content (AvgIpc) is 2.63. The molecule has 0 amide bonds. The van der Waals surface area contributed by atoms with Gasteiger partial charge in [0, 0.05) is 16.4 Å². The fourth-order valence-electron chi connectivity index (χ4n) is 2.46. The number of aromatic nitrogens is 2. The molecule has 0 fully saturated rings. The molecule has 2 aromatic carbocycles. The van der Waals surface area contributed by atoms with Gasteiger partial charge in [0.05, 0.1) is 10.7 Å². The van der Waals surface area contributed by atoms with Gasteiger partial charge in [-0.25, -0.2) is 28.1 Å². The van der Waals surface area contributed by atoms with E-state index in [1.165, 1.54) is 18.2 Å². The molecular formula is C19H17Cl2N5O2S. The Balaban J connectivity index is 2.01. The number of nitrogens with zero attached hydrogens (tertiary/aromatic N) is 3. The fraction of sp³-hybridized carbons (Fsp3) is 0.105. The van der Waals surface area contributed by atoms with Crippen molar-refractivity contribution in [2.45, 2.75) is 18.7 Å². The zero-order valence-corrected chi connectivity index (χ0v) is 17.8. The molecule has 0 aliphatic rings. The van der Waals surface area contributed by atoms with Crippen molar-refractivity contribution in [2.24, 2.45) is 4.99 Å². The molecule has 29 heavy (non-hydrogen) atoms. The summed E-state index contributed by atoms with van der Waals surface area (Å²) < 4.78 is 28.2. The first-order valence-corrected chi connectivity index (χ1v) is 10.7. The fourth-order valence-corrected chi connectivity index (χ4v) is 4.19. The average molecular weight is 450 g/mol. The predicted octanol–water partition coefficient (Wildman–Crippen LogP) is 4.48. The number of benzene rings is 2. The SMILES string of the molecule is Cc1cc(C)nc(NC(=Nc2ccccc2)NS(=O)(=O)c2cc(Cl)ccc2Cl)n1. The Bertz CT molecular complexity index is 1150. The summed E-state index contributed by atoms with van der Waals surface area (Å²) in [5, 5.41) is 3.10. The van der Waals surface area contributed by atoms with Gasteiger partial charge in [-0.15, -0.1) is 0 Å². The van der Waals surface area contributed by atoms with E-state index in [4.69, 9.17) is 23.2 Å². The van der Waals surface area contributed by atoms with Gasteiger partial charge < -0.3 is 0 Å². The van der Waals surface area contributed by atoms with Crippen LogP contribution in [0.2, 0.25) is 10.0 Å². The third-order valence-electron chi connectivity index (χ3n) is 3.62. The Hall–Kier alpha value is -2.68. The Morgan fingerprint density at radius 3 is 2.28 bits per heavy atom. The Kier molecular flexibility index (Phi) is 6.36. The second-order valence-corrected chi connectivity index (χ2v) is 8.57. The van der Waals surface area contributed by atoms with E-state index >= 15 is 0 Å². The van der Waals surface area contributed by atoms with Gasteiger partial charge in [-0.1, -0.05) is 41.4 Å². The maximum atomic E-state index is 12.9. The van der Waals surface area contributed by atoms with Crippen LogP contribution < -0.4 is 10.0 Å². The van der Waals surface area contributed by atoms with Crippen LogP contribution >= 0.6 is 23.2 Å². The Labute approximate surface area is 178 Å². The summed E-state index contributed by atoms with van der Waals surface area (Å²) in [5.74, 6) is 0.120. The number of para-hydroxylation sites is 1. The molecule has 0 saturated carbocycles. The molecule has 0 radical (unpaired) electrons. The number of nitrogens with one attached hydrogen (secondary N) is 2. The van der Waals surface area contributed by atoms with Crippen molar-refractivity contribution in [1.29, 1.82) is 0 Å². The molecule has 0 atom stereocenters. The van der Waals surface area contributed by atoms with Crippen LogP contribution in [0.4, 0.5) is 11.6 Å². The van der Waals surface area contributed by atoms with Gasteiger partial charge in [0.2, 0.25) is 11.9 Å². The number of anilines is 1. The minimum absolute atomic E-state index is 0.0311. The van der Waals surface area contributed by atoms with Crippen molar-refractivity contribution in [3.05, 3.63) is 76.0 Å². The first-order valence-electron chi connectivity index (χ1n) is 8.44. The maximum absolute atomic E-state index is 12.9. The normalized spacial score (nSPS) is 11.9. The lowest BCUT2D eigenvalue weighted by Crippen LogP contribution is -2.36. The molecule has 0 aliphatic heterocycles. The van der Waals surface area contributed by atoms with Crippen molar-refractivity contribution >= 4 is 50.8 Å².